The van der Waals surface area contributed by atoms with Crippen LogP contribution in [-0.2, 0) is 19.6 Å². The number of nitrogens with zero attached hydrogens (tertiary/aromatic N) is 1. The Morgan fingerprint density at radius 1 is 1.22 bits per heavy atom. The van der Waals surface area contributed by atoms with Crippen LogP contribution in [0.4, 0.5) is 5.69 Å². The zero-order chi connectivity index (χ0) is 17.6. The Morgan fingerprint density at radius 2 is 1.78 bits per heavy atom. The van der Waals surface area contributed by atoms with Crippen molar-refractivity contribution in [3.63, 3.8) is 0 Å². The molecule has 0 spiro atoms. The van der Waals surface area contributed by atoms with Crippen molar-refractivity contribution in [2.45, 2.75) is 30.2 Å². The molecule has 11 heteroatoms. The smallest absolute Gasteiger partial charge is 0.321 e. The van der Waals surface area contributed by atoms with Crippen molar-refractivity contribution in [3.05, 3.63) is 34.4 Å². The number of nitro benzene ring substituents is 1. The zero-order valence-corrected chi connectivity index (χ0v) is 12.5. The molecule has 1 atom stereocenters. The molecular formula is C12H14N2O8S. The van der Waals surface area contributed by atoms with Crippen molar-refractivity contribution >= 4 is 27.6 Å². The lowest BCUT2D eigenvalue weighted by Crippen LogP contribution is -2.40. The maximum atomic E-state index is 12.1. The van der Waals surface area contributed by atoms with E-state index in [9.17, 15) is 28.1 Å². The average molecular weight is 346 g/mol. The quantitative estimate of drug-likeness (QED) is 0.431. The van der Waals surface area contributed by atoms with E-state index in [4.69, 9.17) is 10.2 Å². The highest BCUT2D eigenvalue weighted by molar-refractivity contribution is 7.89. The fraction of sp³-hybridized carbons (Fsp3) is 0.333. The third kappa shape index (κ3) is 5.64. The van der Waals surface area contributed by atoms with E-state index in [2.05, 4.69) is 0 Å². The van der Waals surface area contributed by atoms with Gasteiger partial charge in [0.2, 0.25) is 10.0 Å². The summed E-state index contributed by atoms with van der Waals surface area (Å²) in [5.74, 6) is -2.56. The van der Waals surface area contributed by atoms with E-state index in [1.54, 1.807) is 0 Å². The van der Waals surface area contributed by atoms with Crippen LogP contribution in [0.25, 0.3) is 0 Å². The van der Waals surface area contributed by atoms with E-state index < -0.39 is 32.9 Å². The largest absolute Gasteiger partial charge is 0.481 e. The molecule has 10 nitrogen and oxygen atoms in total. The number of carboxylic acids is 2. The minimum Gasteiger partial charge on any atom is -0.481 e. The van der Waals surface area contributed by atoms with Gasteiger partial charge < -0.3 is 10.2 Å². The zero-order valence-electron chi connectivity index (χ0n) is 11.7. The Kier molecular flexibility index (Phi) is 6.16. The van der Waals surface area contributed by atoms with Gasteiger partial charge in [-0.3, -0.25) is 19.7 Å². The molecule has 0 saturated carbocycles. The van der Waals surface area contributed by atoms with Gasteiger partial charge in [-0.1, -0.05) is 0 Å². The van der Waals surface area contributed by atoms with Gasteiger partial charge in [0, 0.05) is 18.6 Å². The minimum atomic E-state index is -4.20. The van der Waals surface area contributed by atoms with Gasteiger partial charge in [0.25, 0.3) is 5.69 Å². The summed E-state index contributed by atoms with van der Waals surface area (Å²) in [5.41, 5.74) is -0.305. The third-order valence-corrected chi connectivity index (χ3v) is 4.32. The number of nitro groups is 1. The van der Waals surface area contributed by atoms with Gasteiger partial charge in [-0.25, -0.2) is 8.42 Å². The lowest BCUT2D eigenvalue weighted by atomic mass is 10.1. The fourth-order valence-corrected chi connectivity index (χ4v) is 2.92. The van der Waals surface area contributed by atoms with Gasteiger partial charge in [-0.15, -0.1) is 0 Å². The number of rotatable bonds is 9. The van der Waals surface area contributed by atoms with Crippen molar-refractivity contribution in [2.75, 3.05) is 0 Å². The highest BCUT2D eigenvalue weighted by Crippen LogP contribution is 2.16. The molecule has 0 aliphatic carbocycles. The molecule has 1 unspecified atom stereocenters. The van der Waals surface area contributed by atoms with Crippen LogP contribution < -0.4 is 4.72 Å². The van der Waals surface area contributed by atoms with Crippen LogP contribution in [-0.4, -0.2) is 41.5 Å². The summed E-state index contributed by atoms with van der Waals surface area (Å²) in [4.78, 5) is 31.0. The van der Waals surface area contributed by atoms with E-state index in [0.29, 0.717) is 0 Å². The van der Waals surface area contributed by atoms with E-state index in [1.165, 1.54) is 0 Å². The van der Waals surface area contributed by atoms with Crippen LogP contribution in [0.3, 0.4) is 0 Å². The maximum Gasteiger partial charge on any atom is 0.321 e. The predicted octanol–water partition coefficient (Wildman–Crippen LogP) is 0.581. The second-order valence-electron chi connectivity index (χ2n) is 4.55. The van der Waals surface area contributed by atoms with E-state index in [1.807, 2.05) is 4.72 Å². The van der Waals surface area contributed by atoms with Gasteiger partial charge in [0.1, 0.15) is 6.04 Å². The Morgan fingerprint density at radius 3 is 2.22 bits per heavy atom. The number of nitrogens with one attached hydrogen (secondary N) is 1. The van der Waals surface area contributed by atoms with Crippen LogP contribution in [0.15, 0.2) is 29.2 Å². The monoisotopic (exact) mass is 346 g/mol. The molecule has 0 fully saturated rings. The molecule has 1 rings (SSSR count). The topological polar surface area (TPSA) is 164 Å². The molecular weight excluding hydrogens is 332 g/mol. The van der Waals surface area contributed by atoms with Gasteiger partial charge in [-0.05, 0) is 25.0 Å². The maximum absolute atomic E-state index is 12.1. The molecule has 1 aromatic rings. The standard InChI is InChI=1S/C12H14N2O8S/c15-11(16)3-1-2-10(12(17)18)13-23(21,22)9-6-4-8(5-7-9)14(19)20/h4-7,10,13H,1-3H2,(H,15,16)(H,17,18). The number of carbonyl (C=O) groups is 2. The van der Waals surface area contributed by atoms with Crippen LogP contribution >= 0.6 is 0 Å². The number of sulfonamides is 1. The third-order valence-electron chi connectivity index (χ3n) is 2.84. The fourth-order valence-electron chi connectivity index (χ4n) is 1.69. The van der Waals surface area contributed by atoms with Crippen molar-refractivity contribution in [3.8, 4) is 0 Å². The number of hydrogen-bond acceptors (Lipinski definition) is 6. The first kappa shape index (κ1) is 18.5. The molecule has 0 saturated heterocycles. The Labute approximate surface area is 130 Å². The van der Waals surface area contributed by atoms with Crippen molar-refractivity contribution in [1.82, 2.24) is 4.72 Å². The summed E-state index contributed by atoms with van der Waals surface area (Å²) in [6.45, 7) is 0. The second kappa shape index (κ2) is 7.65. The van der Waals surface area contributed by atoms with Crippen LogP contribution in [0, 0.1) is 10.1 Å². The number of non-ortho nitro benzene ring substituents is 1. The normalized spacial score (nSPS) is 12.5. The molecule has 0 heterocycles. The van der Waals surface area contributed by atoms with Gasteiger partial charge >= 0.3 is 11.9 Å². The Balaban J connectivity index is 2.86. The number of hydrogen-bond donors (Lipinski definition) is 3. The lowest BCUT2D eigenvalue weighted by Gasteiger charge is -2.14. The molecule has 0 aromatic heterocycles. The van der Waals surface area contributed by atoms with Gasteiger partial charge in [0.15, 0.2) is 0 Å². The summed E-state index contributed by atoms with van der Waals surface area (Å²) in [6.07, 6.45) is -0.508. The molecule has 3 N–H and O–H groups in total. The molecule has 1 aromatic carbocycles. The second-order valence-corrected chi connectivity index (χ2v) is 6.26. The highest BCUT2D eigenvalue weighted by atomic mass is 32.2. The van der Waals surface area contributed by atoms with Crippen LogP contribution in [0.2, 0.25) is 0 Å². The molecule has 0 bridgehead atoms. The van der Waals surface area contributed by atoms with E-state index in [-0.39, 0.29) is 29.8 Å². The average Bonchev–Trinajstić information content (AvgIpc) is 2.45. The van der Waals surface area contributed by atoms with E-state index >= 15 is 0 Å². The first-order valence-electron chi connectivity index (χ1n) is 6.35. The number of benzene rings is 1. The summed E-state index contributed by atoms with van der Waals surface area (Å²) in [6, 6.07) is 2.44. The SMILES string of the molecule is O=C(O)CCCC(NS(=O)(=O)c1ccc([N+](=O)[O-])cc1)C(=O)O. The van der Waals surface area contributed by atoms with Crippen molar-refractivity contribution < 1.29 is 33.1 Å². The molecule has 0 amide bonds. The van der Waals surface area contributed by atoms with Crippen molar-refractivity contribution in [1.29, 1.82) is 0 Å². The minimum absolute atomic E-state index is 0.0188. The van der Waals surface area contributed by atoms with Gasteiger partial charge in [0.05, 0.1) is 9.82 Å². The van der Waals surface area contributed by atoms with Gasteiger partial charge in [-0.2, -0.15) is 4.72 Å². The molecule has 0 radical (unpaired) electrons. The summed E-state index contributed by atoms with van der Waals surface area (Å²) in [5, 5.41) is 28.0. The first-order valence-corrected chi connectivity index (χ1v) is 7.83. The first-order chi connectivity index (χ1) is 10.6. The van der Waals surface area contributed by atoms with Crippen LogP contribution in [0.5, 0.6) is 0 Å². The summed E-state index contributed by atoms with van der Waals surface area (Å²) < 4.78 is 26.1. The molecule has 0 aliphatic heterocycles. The summed E-state index contributed by atoms with van der Waals surface area (Å²) in [7, 11) is -4.20. The Bertz CT molecular complexity index is 698. The predicted molar refractivity (Wildman–Crippen MR) is 76.3 cm³/mol. The van der Waals surface area contributed by atoms with Crippen LogP contribution in [0.1, 0.15) is 19.3 Å². The number of aliphatic carboxylic acids is 2. The molecule has 0 aliphatic rings. The van der Waals surface area contributed by atoms with Crippen molar-refractivity contribution in [2.24, 2.45) is 0 Å². The molecule has 23 heavy (non-hydrogen) atoms. The molecule has 126 valence electrons. The van der Waals surface area contributed by atoms with E-state index in [0.717, 1.165) is 24.3 Å². The lowest BCUT2D eigenvalue weighted by molar-refractivity contribution is -0.384. The highest BCUT2D eigenvalue weighted by Gasteiger charge is 2.25. The summed E-state index contributed by atoms with van der Waals surface area (Å²) >= 11 is 0. The Hall–Kier alpha value is -2.53. The number of carboxylic acid groups (broad SMARTS) is 2.